The van der Waals surface area contributed by atoms with Crippen molar-refractivity contribution in [3.05, 3.63) is 20.9 Å². The zero-order valence-corrected chi connectivity index (χ0v) is 39.2. The first-order valence-corrected chi connectivity index (χ1v) is 17.4. The largest absolute Gasteiger partial charge is 1.00 e. The van der Waals surface area contributed by atoms with Gasteiger partial charge in [0.2, 0.25) is 0 Å². The van der Waals surface area contributed by atoms with Gasteiger partial charge in [-0.2, -0.15) is 0 Å². The summed E-state index contributed by atoms with van der Waals surface area (Å²) in [5, 5.41) is 31.3. The molecule has 4 rings (SSSR count). The summed E-state index contributed by atoms with van der Waals surface area (Å²) in [5.41, 5.74) is 16.3. The van der Waals surface area contributed by atoms with Crippen LogP contribution in [0.15, 0.2) is 10.2 Å². The number of esters is 3. The first kappa shape index (κ1) is 61.0. The molecule has 0 bridgehead atoms. The van der Waals surface area contributed by atoms with Crippen LogP contribution in [0.2, 0.25) is 0 Å². The third kappa shape index (κ3) is 20.9. The summed E-state index contributed by atoms with van der Waals surface area (Å²) in [6.07, 6.45) is -4.73. The van der Waals surface area contributed by atoms with E-state index in [-0.39, 0.29) is 88.6 Å². The Morgan fingerprint density at radius 1 is 0.576 bits per heavy atom. The van der Waals surface area contributed by atoms with E-state index in [9.17, 15) is 19.2 Å². The monoisotopic (exact) mass is 882 g/mol. The first-order chi connectivity index (χ1) is 26.5. The summed E-state index contributed by atoms with van der Waals surface area (Å²) in [5.74, 6) is -5.87. The van der Waals surface area contributed by atoms with Gasteiger partial charge in [-0.3, -0.25) is 0 Å². The maximum atomic E-state index is 11.3. The van der Waals surface area contributed by atoms with Gasteiger partial charge in [0.15, 0.2) is 47.6 Å². The molecule has 0 aromatic heterocycles. The van der Waals surface area contributed by atoms with Crippen LogP contribution in [0.1, 0.15) is 68.7 Å². The molecular formula is C33H59KN6O19. The van der Waals surface area contributed by atoms with Gasteiger partial charge in [0.05, 0.1) is 47.1 Å². The quantitative estimate of drug-likeness (QED) is 0.0597. The Bertz CT molecular complexity index is 1370. The molecule has 4 aliphatic heterocycles. The van der Waals surface area contributed by atoms with Crippen LogP contribution in [0.4, 0.5) is 0 Å². The van der Waals surface area contributed by atoms with Crippen LogP contribution >= 0.6 is 0 Å². The fraction of sp³-hybridized carbons (Fsp3) is 0.879. The summed E-state index contributed by atoms with van der Waals surface area (Å²) < 4.78 is 56.2. The van der Waals surface area contributed by atoms with Crippen LogP contribution < -0.4 is 51.4 Å². The van der Waals surface area contributed by atoms with E-state index < -0.39 is 83.8 Å². The molecule has 4 N–H and O–H groups in total. The molecule has 0 saturated carbocycles. The van der Waals surface area contributed by atoms with Crippen LogP contribution in [0.3, 0.4) is 0 Å². The Kier molecular flexibility index (Phi) is 29.3. The molecule has 25 nitrogen and oxygen atoms in total. The van der Waals surface area contributed by atoms with Gasteiger partial charge in [-0.05, 0) is 72.9 Å². The molecule has 4 saturated heterocycles. The summed E-state index contributed by atoms with van der Waals surface area (Å²) in [7, 11) is 4.89. The Hall–Kier alpha value is -2.30. The fourth-order valence-corrected chi connectivity index (χ4v) is 5.43. The molecule has 4 fully saturated rings. The second-order valence-corrected chi connectivity index (χ2v) is 13.7. The normalized spacial score (nSPS) is 28.3. The first-order valence-electron chi connectivity index (χ1n) is 17.4. The minimum atomic E-state index is -1.12. The number of methoxy groups -OCH3 is 3. The average Bonchev–Trinajstić information content (AvgIpc) is 3.87. The Labute approximate surface area is 384 Å². The van der Waals surface area contributed by atoms with Gasteiger partial charge in [0.1, 0.15) is 18.3 Å². The molecule has 0 amide bonds. The number of carbonyl (C=O) groups excluding carboxylic acids is 3. The number of carboxylic acids is 1. The van der Waals surface area contributed by atoms with E-state index in [1.54, 1.807) is 55.4 Å². The van der Waals surface area contributed by atoms with E-state index in [1.807, 2.05) is 6.92 Å². The number of nitrogens with zero attached hydrogens (tertiary/aromatic N) is 6. The molecule has 0 aromatic carbocycles. The Balaban J connectivity index is -0.000000691. The zero-order chi connectivity index (χ0) is 44.4. The number of hydrogen-bond donors (Lipinski definition) is 3. The summed E-state index contributed by atoms with van der Waals surface area (Å²) in [6, 6.07) is 0. The third-order valence-corrected chi connectivity index (χ3v) is 7.51. The summed E-state index contributed by atoms with van der Waals surface area (Å²) >= 11 is 0. The van der Waals surface area contributed by atoms with E-state index in [2.05, 4.69) is 34.3 Å². The van der Waals surface area contributed by atoms with Gasteiger partial charge in [-0.15, -0.1) is 0 Å². The van der Waals surface area contributed by atoms with Crippen molar-refractivity contribution < 1.29 is 143 Å². The number of aliphatic hydroxyl groups is 2. The molecule has 8 atom stereocenters. The van der Waals surface area contributed by atoms with E-state index in [0.717, 1.165) is 13.5 Å². The molecular weight excluding hydrogens is 823 g/mol. The average molecular weight is 883 g/mol. The minimum absolute atomic E-state index is 0. The number of aliphatic carboxylic acids is 1. The second-order valence-electron chi connectivity index (χ2n) is 13.7. The van der Waals surface area contributed by atoms with Gasteiger partial charge in [0, 0.05) is 16.9 Å². The fourth-order valence-electron chi connectivity index (χ4n) is 5.43. The standard InChI is InChI=1S/C9H16O4.C8H13N3O4.C8H14O5.C7H11N3O4.CH4O.K.H2O/c1-5-6-7(8(10)11-4)13-9(2,3)12-6;1-8(2)14-5(4-10-11-9)6(15-8)7(12)13-3;1-8(2)12-5(4-9)6(13-8)7(10)11-3;1-7(2)13-4(3-9-10-8)5(14-7)6(11)12;1-2;;/h6-7H,5H2,1-4H3;5-6H,4H2,1-3H3;5-6,9H,4H2,1-3H3;4-5H,3H2,1-2H3,(H,11,12);2H,1H3;;1H2/q;;;;;+1;/p-1/t6-,7+;2*5-,6+;4-,5+;;;/m1111.../s1. The van der Waals surface area contributed by atoms with Crippen LogP contribution in [-0.2, 0) is 71.3 Å². The van der Waals surface area contributed by atoms with E-state index >= 15 is 0 Å². The summed E-state index contributed by atoms with van der Waals surface area (Å²) in [4.78, 5) is 49.6. The van der Waals surface area contributed by atoms with Crippen LogP contribution in [-0.4, -0.2) is 165 Å². The smallest absolute Gasteiger partial charge is 0.870 e. The van der Waals surface area contributed by atoms with Gasteiger partial charge in [0.25, 0.3) is 0 Å². The van der Waals surface area contributed by atoms with Crippen molar-refractivity contribution in [1.29, 1.82) is 0 Å². The number of aliphatic hydroxyl groups excluding tert-OH is 2. The van der Waals surface area contributed by atoms with Gasteiger partial charge < -0.3 is 72.9 Å². The Morgan fingerprint density at radius 3 is 1.14 bits per heavy atom. The maximum Gasteiger partial charge on any atom is 1.00 e. The third-order valence-electron chi connectivity index (χ3n) is 7.51. The van der Waals surface area contributed by atoms with Gasteiger partial charge in [-0.1, -0.05) is 17.2 Å². The number of hydrogen-bond acceptors (Lipinski definition) is 20. The maximum absolute atomic E-state index is 11.3. The van der Waals surface area contributed by atoms with Crippen LogP contribution in [0.5, 0.6) is 0 Å². The predicted molar refractivity (Wildman–Crippen MR) is 194 cm³/mol. The number of carbonyl (C=O) groups is 4. The molecule has 0 radical (unpaired) electrons. The van der Waals surface area contributed by atoms with Crippen LogP contribution in [0, 0.1) is 0 Å². The van der Waals surface area contributed by atoms with Crippen molar-refractivity contribution >= 4 is 23.9 Å². The molecule has 26 heteroatoms. The number of ether oxygens (including phenoxy) is 11. The van der Waals surface area contributed by atoms with E-state index in [1.165, 1.54) is 21.3 Å². The van der Waals surface area contributed by atoms with Gasteiger partial charge >= 0.3 is 75.3 Å². The van der Waals surface area contributed by atoms with Crippen molar-refractivity contribution in [3.63, 3.8) is 0 Å². The van der Waals surface area contributed by atoms with Crippen molar-refractivity contribution in [2.24, 2.45) is 10.2 Å². The molecule has 0 aliphatic carbocycles. The molecule has 4 aliphatic rings. The molecule has 0 aromatic rings. The van der Waals surface area contributed by atoms with Crippen molar-refractivity contribution in [2.45, 2.75) is 141 Å². The topological polar surface area (TPSA) is 358 Å². The summed E-state index contributed by atoms with van der Waals surface area (Å²) in [6.45, 7) is 15.2. The second kappa shape index (κ2) is 28.3. The van der Waals surface area contributed by atoms with Crippen LogP contribution in [0.25, 0.3) is 20.9 Å². The molecule has 4 heterocycles. The van der Waals surface area contributed by atoms with E-state index in [4.69, 9.17) is 64.3 Å². The van der Waals surface area contributed by atoms with E-state index in [0.29, 0.717) is 0 Å². The van der Waals surface area contributed by atoms with Crippen molar-refractivity contribution in [3.8, 4) is 0 Å². The molecule has 336 valence electrons. The number of azide groups is 2. The minimum Gasteiger partial charge on any atom is -0.870 e. The van der Waals surface area contributed by atoms with Crippen molar-refractivity contribution in [2.75, 3.05) is 48.1 Å². The predicted octanol–water partition coefficient (Wildman–Crippen LogP) is -0.912. The Morgan fingerprint density at radius 2 is 0.847 bits per heavy atom. The molecule has 0 spiro atoms. The van der Waals surface area contributed by atoms with Crippen molar-refractivity contribution in [1.82, 2.24) is 0 Å². The zero-order valence-electron chi connectivity index (χ0n) is 36.0. The molecule has 0 unspecified atom stereocenters. The SMILES string of the molecule is CC1(C)O[C@H](C(=O)O)[C@@H](CN=[N+]=[N-])O1.CC[C@H]1OC(C)(C)O[C@@H]1C(=O)OC.CO.COC(=O)[C@H]1OC(C)(C)O[C@@H]1CN=[N+]=[N-].COC(=O)[C@H]1OC(C)(C)O[C@@H]1CO.[K+].[OH-]. The van der Waals surface area contributed by atoms with Gasteiger partial charge in [-0.25, -0.2) is 19.2 Å². The number of carboxylic acid groups (broad SMARTS) is 1. The molecule has 59 heavy (non-hydrogen) atoms. The number of rotatable bonds is 10.